The largest absolute Gasteiger partial charge is 0.374 e. The van der Waals surface area contributed by atoms with Crippen LogP contribution in [-0.2, 0) is 26.3 Å². The van der Waals surface area contributed by atoms with Crippen LogP contribution in [0.3, 0.4) is 0 Å². The second-order valence-corrected chi connectivity index (χ2v) is 9.85. The summed E-state index contributed by atoms with van der Waals surface area (Å²) < 4.78 is 19.0. The minimum Gasteiger partial charge on any atom is -0.374 e. The van der Waals surface area contributed by atoms with Gasteiger partial charge in [0, 0.05) is 36.2 Å². The summed E-state index contributed by atoms with van der Waals surface area (Å²) in [6, 6.07) is 10.3. The number of carbonyl (C=O) groups excluding carboxylic acids is 2. The molecular formula is C25H28Cl2FN3O3. The van der Waals surface area contributed by atoms with E-state index in [1.165, 1.54) is 12.1 Å². The van der Waals surface area contributed by atoms with Crippen molar-refractivity contribution >= 4 is 35.0 Å². The van der Waals surface area contributed by atoms with Gasteiger partial charge in [0.25, 0.3) is 0 Å². The van der Waals surface area contributed by atoms with Crippen molar-refractivity contribution in [3.8, 4) is 0 Å². The van der Waals surface area contributed by atoms with Gasteiger partial charge in [-0.15, -0.1) is 0 Å². The third kappa shape index (κ3) is 5.71. The van der Waals surface area contributed by atoms with Crippen LogP contribution >= 0.6 is 23.2 Å². The van der Waals surface area contributed by atoms with Gasteiger partial charge in [-0.2, -0.15) is 0 Å². The van der Waals surface area contributed by atoms with E-state index in [4.69, 9.17) is 27.9 Å². The van der Waals surface area contributed by atoms with E-state index >= 15 is 0 Å². The number of likely N-dealkylation sites (N-methyl/N-ethyl adjacent to an activating group) is 1. The molecular weight excluding hydrogens is 480 g/mol. The molecule has 0 radical (unpaired) electrons. The lowest BCUT2D eigenvalue weighted by molar-refractivity contribution is -0.140. The lowest BCUT2D eigenvalue weighted by Crippen LogP contribution is -2.56. The molecule has 0 unspecified atom stereocenters. The van der Waals surface area contributed by atoms with E-state index in [1.54, 1.807) is 35.2 Å². The molecule has 1 saturated carbocycles. The summed E-state index contributed by atoms with van der Waals surface area (Å²) in [6.07, 6.45) is 1.29. The molecule has 1 saturated heterocycles. The van der Waals surface area contributed by atoms with Crippen LogP contribution in [0.15, 0.2) is 42.5 Å². The summed E-state index contributed by atoms with van der Waals surface area (Å²) in [5, 5.41) is 3.89. The molecule has 0 bridgehead atoms. The summed E-state index contributed by atoms with van der Waals surface area (Å²) in [7, 11) is 2.01. The molecule has 0 aromatic heterocycles. The second-order valence-electron chi connectivity index (χ2n) is 9.00. The summed E-state index contributed by atoms with van der Waals surface area (Å²) >= 11 is 12.4. The van der Waals surface area contributed by atoms with Crippen molar-refractivity contribution in [1.82, 2.24) is 15.1 Å². The minimum atomic E-state index is -0.833. The van der Waals surface area contributed by atoms with Gasteiger partial charge in [0.15, 0.2) is 0 Å². The molecule has 4 rings (SSSR count). The van der Waals surface area contributed by atoms with Gasteiger partial charge in [-0.3, -0.25) is 9.59 Å². The SMILES string of the molecule is CN1CCN(C(=O)[C@H](COCc2ccc(F)cc2)NC(=O)C2(c3ccc(Cl)cc3Cl)CC2)CC1. The molecule has 6 nitrogen and oxygen atoms in total. The molecule has 1 heterocycles. The third-order valence-electron chi connectivity index (χ3n) is 6.52. The number of benzene rings is 2. The van der Waals surface area contributed by atoms with Crippen LogP contribution in [-0.4, -0.2) is 67.5 Å². The third-order valence-corrected chi connectivity index (χ3v) is 7.06. The lowest BCUT2D eigenvalue weighted by Gasteiger charge is -2.35. The molecule has 2 fully saturated rings. The quantitative estimate of drug-likeness (QED) is 0.592. The Morgan fingerprint density at radius 1 is 1.09 bits per heavy atom. The first kappa shape index (κ1) is 24.9. The van der Waals surface area contributed by atoms with E-state index in [9.17, 15) is 14.0 Å². The van der Waals surface area contributed by atoms with Crippen molar-refractivity contribution in [1.29, 1.82) is 0 Å². The first-order valence-corrected chi connectivity index (χ1v) is 12.1. The van der Waals surface area contributed by atoms with Crippen LogP contribution in [0.2, 0.25) is 10.0 Å². The first-order valence-electron chi connectivity index (χ1n) is 11.3. The fourth-order valence-electron chi connectivity index (χ4n) is 4.21. The minimum absolute atomic E-state index is 0.0126. The molecule has 0 spiro atoms. The van der Waals surface area contributed by atoms with Crippen molar-refractivity contribution in [2.24, 2.45) is 0 Å². The maximum atomic E-state index is 13.4. The predicted octanol–water partition coefficient (Wildman–Crippen LogP) is 3.64. The average Bonchev–Trinajstić information content (AvgIpc) is 3.61. The van der Waals surface area contributed by atoms with Crippen molar-refractivity contribution in [2.75, 3.05) is 39.8 Å². The number of nitrogens with zero attached hydrogens (tertiary/aromatic N) is 2. The number of ether oxygens (including phenoxy) is 1. The highest BCUT2D eigenvalue weighted by molar-refractivity contribution is 6.35. The standard InChI is InChI=1S/C25H28Cl2FN3O3/c1-30-10-12-31(13-11-30)23(32)22(16-34-15-17-2-5-19(28)6-3-17)29-24(33)25(8-9-25)20-7-4-18(26)14-21(20)27/h2-7,14,22H,8-13,15-16H2,1H3,(H,29,33)/t22-/m0/s1. The lowest BCUT2D eigenvalue weighted by atomic mass is 9.94. The van der Waals surface area contributed by atoms with Gasteiger partial charge in [-0.25, -0.2) is 4.39 Å². The molecule has 34 heavy (non-hydrogen) atoms. The van der Waals surface area contributed by atoms with Crippen molar-refractivity contribution in [2.45, 2.75) is 30.9 Å². The molecule has 9 heteroatoms. The number of halogens is 3. The molecule has 2 amide bonds. The van der Waals surface area contributed by atoms with E-state index in [-0.39, 0.29) is 30.8 Å². The number of amides is 2. The highest BCUT2D eigenvalue weighted by Crippen LogP contribution is 2.51. The molecule has 2 aromatic carbocycles. The average molecular weight is 508 g/mol. The summed E-state index contributed by atoms with van der Waals surface area (Å²) in [6.45, 7) is 2.94. The van der Waals surface area contributed by atoms with Crippen LogP contribution in [0.1, 0.15) is 24.0 Å². The molecule has 2 aliphatic rings. The molecule has 1 atom stereocenters. The van der Waals surface area contributed by atoms with E-state index in [1.807, 2.05) is 7.05 Å². The summed E-state index contributed by atoms with van der Waals surface area (Å²) in [5.41, 5.74) is 0.735. The number of piperazine rings is 1. The van der Waals surface area contributed by atoms with Gasteiger partial charge < -0.3 is 19.9 Å². The fourth-order valence-corrected chi connectivity index (χ4v) is 4.80. The van der Waals surface area contributed by atoms with Gasteiger partial charge >= 0.3 is 0 Å². The molecule has 2 aromatic rings. The van der Waals surface area contributed by atoms with Crippen LogP contribution in [0.5, 0.6) is 0 Å². The van der Waals surface area contributed by atoms with Gasteiger partial charge in [0.1, 0.15) is 11.9 Å². The highest BCUT2D eigenvalue weighted by Gasteiger charge is 2.53. The Balaban J connectivity index is 1.47. The molecule has 1 N–H and O–H groups in total. The number of hydrogen-bond donors (Lipinski definition) is 1. The summed E-state index contributed by atoms with van der Waals surface area (Å²) in [4.78, 5) is 30.7. The topological polar surface area (TPSA) is 61.9 Å². The maximum Gasteiger partial charge on any atom is 0.247 e. The van der Waals surface area contributed by atoms with Crippen LogP contribution < -0.4 is 5.32 Å². The zero-order valence-electron chi connectivity index (χ0n) is 19.0. The van der Waals surface area contributed by atoms with Crippen LogP contribution in [0.4, 0.5) is 4.39 Å². The molecule has 182 valence electrons. The van der Waals surface area contributed by atoms with Crippen LogP contribution in [0, 0.1) is 5.82 Å². The molecule has 1 aliphatic carbocycles. The van der Waals surface area contributed by atoms with Crippen molar-refractivity contribution < 1.29 is 18.7 Å². The number of hydrogen-bond acceptors (Lipinski definition) is 4. The Labute approximate surface area is 208 Å². The van der Waals surface area contributed by atoms with Gasteiger partial charge in [0.05, 0.1) is 18.6 Å². The van der Waals surface area contributed by atoms with E-state index in [0.717, 1.165) is 18.7 Å². The van der Waals surface area contributed by atoms with E-state index in [2.05, 4.69) is 10.2 Å². The number of rotatable bonds is 8. The first-order chi connectivity index (χ1) is 16.3. The summed E-state index contributed by atoms with van der Waals surface area (Å²) in [5.74, 6) is -0.733. The van der Waals surface area contributed by atoms with Crippen molar-refractivity contribution in [3.05, 3.63) is 69.5 Å². The Kier molecular flexibility index (Phi) is 7.77. The number of carbonyl (C=O) groups is 2. The highest BCUT2D eigenvalue weighted by atomic mass is 35.5. The van der Waals surface area contributed by atoms with Crippen molar-refractivity contribution in [3.63, 3.8) is 0 Å². The Hall–Kier alpha value is -2.19. The molecule has 1 aliphatic heterocycles. The smallest absolute Gasteiger partial charge is 0.247 e. The maximum absolute atomic E-state index is 13.4. The zero-order valence-corrected chi connectivity index (χ0v) is 20.5. The van der Waals surface area contributed by atoms with Gasteiger partial charge in [0.2, 0.25) is 11.8 Å². The van der Waals surface area contributed by atoms with Gasteiger partial charge in [-0.1, -0.05) is 41.4 Å². The van der Waals surface area contributed by atoms with E-state index < -0.39 is 11.5 Å². The monoisotopic (exact) mass is 507 g/mol. The van der Waals surface area contributed by atoms with Crippen LogP contribution in [0.25, 0.3) is 0 Å². The second kappa shape index (κ2) is 10.6. The van der Waals surface area contributed by atoms with Gasteiger partial charge in [-0.05, 0) is 55.3 Å². The Morgan fingerprint density at radius 2 is 1.76 bits per heavy atom. The Bertz CT molecular complexity index is 1040. The Morgan fingerprint density at radius 3 is 2.38 bits per heavy atom. The zero-order chi connectivity index (χ0) is 24.3. The normalized spacial score (nSPS) is 18.4. The predicted molar refractivity (Wildman–Crippen MR) is 129 cm³/mol. The fraction of sp³-hybridized carbons (Fsp3) is 0.440. The van der Waals surface area contributed by atoms with E-state index in [0.29, 0.717) is 41.5 Å². The number of nitrogens with one attached hydrogen (secondary N) is 1.